The molecule has 0 bridgehead atoms. The first-order valence-corrected chi connectivity index (χ1v) is 10.4. The van der Waals surface area contributed by atoms with Gasteiger partial charge in [-0.25, -0.2) is 0 Å². The third-order valence-corrected chi connectivity index (χ3v) is 7.28. The molecule has 3 aromatic rings. The zero-order valence-corrected chi connectivity index (χ0v) is 16.0. The minimum atomic E-state index is -3.09. The van der Waals surface area contributed by atoms with Crippen molar-refractivity contribution in [1.29, 1.82) is 0 Å². The second-order valence-corrected chi connectivity index (χ2v) is 8.70. The van der Waals surface area contributed by atoms with Crippen molar-refractivity contribution < 1.29 is 14.0 Å². The molecule has 0 atom stereocenters. The molecule has 0 aliphatic carbocycles. The smallest absolute Gasteiger partial charge is 0.174 e. The highest BCUT2D eigenvalue weighted by atomic mass is 31.2. The van der Waals surface area contributed by atoms with E-state index in [1.54, 1.807) is 7.11 Å². The van der Waals surface area contributed by atoms with Gasteiger partial charge in [-0.3, -0.25) is 0 Å². The topological polar surface area (TPSA) is 35.5 Å². The first-order valence-electron chi connectivity index (χ1n) is 8.73. The number of hydrogen-bond acceptors (Lipinski definition) is 3. The molecule has 0 saturated heterocycles. The maximum absolute atomic E-state index is 14.5. The van der Waals surface area contributed by atoms with E-state index in [4.69, 9.17) is 9.47 Å². The number of benzene rings is 3. The molecule has 0 spiro atoms. The number of hydrogen-bond donors (Lipinski definition) is 0. The summed E-state index contributed by atoms with van der Waals surface area (Å²) in [6.45, 7) is 2.68. The minimum Gasteiger partial charge on any atom is -0.496 e. The Hall–Kier alpha value is -2.51. The lowest BCUT2D eigenvalue weighted by molar-refractivity contribution is 0.317. The molecule has 134 valence electrons. The molecule has 0 aromatic heterocycles. The van der Waals surface area contributed by atoms with E-state index < -0.39 is 7.14 Å². The van der Waals surface area contributed by atoms with Crippen LogP contribution in [0.3, 0.4) is 0 Å². The second kappa shape index (κ2) is 8.25. The first kappa shape index (κ1) is 18.3. The molecular weight excluding hydrogens is 343 g/mol. The van der Waals surface area contributed by atoms with Crippen LogP contribution in [0.15, 0.2) is 78.9 Å². The van der Waals surface area contributed by atoms with Crippen LogP contribution in [0, 0.1) is 0 Å². The molecule has 0 amide bonds. The van der Waals surface area contributed by atoms with Crippen molar-refractivity contribution in [3.63, 3.8) is 0 Å². The summed E-state index contributed by atoms with van der Waals surface area (Å²) < 4.78 is 25.8. The summed E-state index contributed by atoms with van der Waals surface area (Å²) in [4.78, 5) is 0. The lowest BCUT2D eigenvalue weighted by Gasteiger charge is -2.22. The fourth-order valence-corrected chi connectivity index (χ4v) is 5.75. The molecule has 0 unspecified atom stereocenters. The standard InChI is InChI=1S/C22H23O3P/c1-3-16-25-18-14-15-21(24-2)22(17-18)26(23,19-10-6-4-7-11-19)20-12-8-5-9-13-20/h4-15,17H,3,16H2,1-2H3. The van der Waals surface area contributed by atoms with E-state index in [2.05, 4.69) is 6.92 Å². The van der Waals surface area contributed by atoms with Gasteiger partial charge in [0.15, 0.2) is 7.14 Å². The lowest BCUT2D eigenvalue weighted by Crippen LogP contribution is -2.26. The molecule has 0 heterocycles. The van der Waals surface area contributed by atoms with Crippen LogP contribution >= 0.6 is 7.14 Å². The van der Waals surface area contributed by atoms with Crippen LogP contribution in [0.4, 0.5) is 0 Å². The lowest BCUT2D eigenvalue weighted by atomic mass is 10.3. The van der Waals surface area contributed by atoms with Gasteiger partial charge < -0.3 is 14.0 Å². The van der Waals surface area contributed by atoms with Crippen molar-refractivity contribution in [1.82, 2.24) is 0 Å². The summed E-state index contributed by atoms with van der Waals surface area (Å²) in [5.74, 6) is 1.31. The highest BCUT2D eigenvalue weighted by Crippen LogP contribution is 2.45. The predicted molar refractivity (Wildman–Crippen MR) is 108 cm³/mol. The van der Waals surface area contributed by atoms with Crippen LogP contribution in [0.5, 0.6) is 11.5 Å². The van der Waals surface area contributed by atoms with Gasteiger partial charge in [0.25, 0.3) is 0 Å². The molecule has 0 aliphatic heterocycles. The third-order valence-electron chi connectivity index (χ3n) is 4.20. The van der Waals surface area contributed by atoms with E-state index in [0.29, 0.717) is 23.4 Å². The van der Waals surface area contributed by atoms with Crippen molar-refractivity contribution in [2.24, 2.45) is 0 Å². The molecule has 0 aliphatic rings. The Morgan fingerprint density at radius 1 is 0.846 bits per heavy atom. The Kier molecular flexibility index (Phi) is 5.80. The number of ether oxygens (including phenoxy) is 2. The zero-order valence-electron chi connectivity index (χ0n) is 15.1. The molecular formula is C22H23O3P. The van der Waals surface area contributed by atoms with Crippen LogP contribution in [0.25, 0.3) is 0 Å². The average Bonchev–Trinajstić information content (AvgIpc) is 2.72. The van der Waals surface area contributed by atoms with E-state index in [0.717, 1.165) is 17.0 Å². The largest absolute Gasteiger partial charge is 0.496 e. The molecule has 3 aromatic carbocycles. The van der Waals surface area contributed by atoms with Crippen LogP contribution in [-0.4, -0.2) is 13.7 Å². The minimum absolute atomic E-state index is 0.602. The van der Waals surface area contributed by atoms with Crippen molar-refractivity contribution in [3.05, 3.63) is 78.9 Å². The Labute approximate surface area is 155 Å². The normalized spacial score (nSPS) is 11.2. The molecule has 0 fully saturated rings. The van der Waals surface area contributed by atoms with Crippen LogP contribution in [0.2, 0.25) is 0 Å². The van der Waals surface area contributed by atoms with Crippen molar-refractivity contribution in [2.75, 3.05) is 13.7 Å². The quantitative estimate of drug-likeness (QED) is 0.590. The summed E-state index contributed by atoms with van der Waals surface area (Å²) >= 11 is 0. The number of methoxy groups -OCH3 is 1. The maximum atomic E-state index is 14.5. The SMILES string of the molecule is CCCOc1ccc(OC)c(P(=O)(c2ccccc2)c2ccccc2)c1. The fraction of sp³-hybridized carbons (Fsp3) is 0.182. The molecule has 3 nitrogen and oxygen atoms in total. The summed E-state index contributed by atoms with van der Waals surface area (Å²) in [6.07, 6.45) is 0.913. The molecule has 0 radical (unpaired) electrons. The van der Waals surface area contributed by atoms with Gasteiger partial charge in [0.1, 0.15) is 11.5 Å². The van der Waals surface area contributed by atoms with Gasteiger partial charge in [0, 0.05) is 10.6 Å². The third kappa shape index (κ3) is 3.54. The van der Waals surface area contributed by atoms with Crippen LogP contribution in [0.1, 0.15) is 13.3 Å². The van der Waals surface area contributed by atoms with E-state index in [-0.39, 0.29) is 0 Å². The van der Waals surface area contributed by atoms with Gasteiger partial charge in [-0.15, -0.1) is 0 Å². The highest BCUT2D eigenvalue weighted by molar-refractivity contribution is 7.85. The molecule has 26 heavy (non-hydrogen) atoms. The molecule has 4 heteroatoms. The zero-order chi connectivity index (χ0) is 18.4. The molecule has 0 saturated carbocycles. The fourth-order valence-electron chi connectivity index (χ4n) is 2.93. The maximum Gasteiger partial charge on any atom is 0.174 e. The van der Waals surface area contributed by atoms with E-state index in [1.807, 2.05) is 78.9 Å². The van der Waals surface area contributed by atoms with Crippen LogP contribution < -0.4 is 25.4 Å². The van der Waals surface area contributed by atoms with Crippen LogP contribution in [-0.2, 0) is 4.57 Å². The van der Waals surface area contributed by atoms with E-state index in [1.165, 1.54) is 0 Å². The highest BCUT2D eigenvalue weighted by Gasteiger charge is 2.33. The Bertz CT molecular complexity index is 848. The Morgan fingerprint density at radius 3 is 1.92 bits per heavy atom. The van der Waals surface area contributed by atoms with Crippen molar-refractivity contribution in [2.45, 2.75) is 13.3 Å². The summed E-state index contributed by atoms with van der Waals surface area (Å²) in [6, 6.07) is 24.7. The second-order valence-electron chi connectivity index (χ2n) is 5.96. The van der Waals surface area contributed by atoms with Crippen molar-refractivity contribution in [3.8, 4) is 11.5 Å². The van der Waals surface area contributed by atoms with Crippen molar-refractivity contribution >= 4 is 23.1 Å². The Morgan fingerprint density at radius 2 is 1.42 bits per heavy atom. The summed E-state index contributed by atoms with van der Waals surface area (Å²) in [7, 11) is -1.49. The van der Waals surface area contributed by atoms with Gasteiger partial charge >= 0.3 is 0 Å². The first-order chi connectivity index (χ1) is 12.7. The van der Waals surface area contributed by atoms with Gasteiger partial charge in [0.2, 0.25) is 0 Å². The molecule has 0 N–H and O–H groups in total. The van der Waals surface area contributed by atoms with Gasteiger partial charge in [0.05, 0.1) is 19.0 Å². The monoisotopic (exact) mass is 366 g/mol. The average molecular weight is 366 g/mol. The Balaban J connectivity index is 2.24. The van der Waals surface area contributed by atoms with E-state index >= 15 is 0 Å². The van der Waals surface area contributed by atoms with E-state index in [9.17, 15) is 4.57 Å². The molecule has 3 rings (SSSR count). The van der Waals surface area contributed by atoms with Gasteiger partial charge in [-0.05, 0) is 24.6 Å². The summed E-state index contributed by atoms with van der Waals surface area (Å²) in [5.41, 5.74) is 0. The van der Waals surface area contributed by atoms with Gasteiger partial charge in [-0.1, -0.05) is 67.6 Å². The predicted octanol–water partition coefficient (Wildman–Crippen LogP) is 4.12. The number of rotatable bonds is 7. The summed E-state index contributed by atoms with van der Waals surface area (Å²) in [5, 5.41) is 2.21. The van der Waals surface area contributed by atoms with Gasteiger partial charge in [-0.2, -0.15) is 0 Å².